The van der Waals surface area contributed by atoms with E-state index in [2.05, 4.69) is 35.4 Å². The number of hydrogen-bond donors (Lipinski definition) is 1. The zero-order chi connectivity index (χ0) is 12.3. The minimum atomic E-state index is 0.0697. The highest BCUT2D eigenvalue weighted by atomic mass is 32.1. The van der Waals surface area contributed by atoms with E-state index in [-0.39, 0.29) is 5.54 Å². The largest absolute Gasteiger partial charge is 0.356 e. The summed E-state index contributed by atoms with van der Waals surface area (Å²) >= 11 is 1.50. The van der Waals surface area contributed by atoms with Gasteiger partial charge in [-0.25, -0.2) is 4.98 Å². The summed E-state index contributed by atoms with van der Waals surface area (Å²) in [6.07, 6.45) is 7.98. The summed E-state index contributed by atoms with van der Waals surface area (Å²) in [4.78, 5) is 4.66. The molecule has 0 aliphatic heterocycles. The molecule has 2 rings (SSSR count). The summed E-state index contributed by atoms with van der Waals surface area (Å²) in [5.74, 6) is 1.67. The van der Waals surface area contributed by atoms with E-state index in [1.807, 2.05) is 0 Å². The van der Waals surface area contributed by atoms with Gasteiger partial charge in [0.1, 0.15) is 5.82 Å². The van der Waals surface area contributed by atoms with Crippen molar-refractivity contribution in [3.05, 3.63) is 5.82 Å². The molecule has 1 N–H and O–H groups in total. The zero-order valence-corrected chi connectivity index (χ0v) is 11.9. The van der Waals surface area contributed by atoms with E-state index >= 15 is 0 Å². The van der Waals surface area contributed by atoms with Crippen molar-refractivity contribution in [2.24, 2.45) is 0 Å². The van der Waals surface area contributed by atoms with E-state index in [9.17, 15) is 0 Å². The first-order valence-corrected chi connectivity index (χ1v) is 7.44. The predicted molar refractivity (Wildman–Crippen MR) is 73.7 cm³/mol. The number of anilines is 1. The molecule has 0 atom stereocenters. The van der Waals surface area contributed by atoms with Crippen LogP contribution >= 0.6 is 11.5 Å². The molecule has 0 spiro atoms. The molecule has 1 heterocycles. The molecule has 1 aliphatic carbocycles. The summed E-state index contributed by atoms with van der Waals surface area (Å²) in [5.41, 5.74) is 0.0697. The lowest BCUT2D eigenvalue weighted by Gasteiger charge is -2.19. The molecule has 1 saturated carbocycles. The standard InChI is InChI=1S/C13H23N3S/c1-13(2,3)15-12-14-11(16-17-12)10-8-6-4-5-7-9-10/h10H,4-9H2,1-3H3,(H,14,15,16). The maximum atomic E-state index is 4.66. The Morgan fingerprint density at radius 3 is 2.35 bits per heavy atom. The van der Waals surface area contributed by atoms with Gasteiger partial charge in [-0.2, -0.15) is 4.37 Å². The number of rotatable bonds is 2. The van der Waals surface area contributed by atoms with Crippen molar-refractivity contribution < 1.29 is 0 Å². The van der Waals surface area contributed by atoms with Gasteiger partial charge in [0, 0.05) is 23.0 Å². The third-order valence-corrected chi connectivity index (χ3v) is 3.79. The third-order valence-electron chi connectivity index (χ3n) is 3.14. The van der Waals surface area contributed by atoms with Crippen molar-refractivity contribution in [2.75, 3.05) is 5.32 Å². The van der Waals surface area contributed by atoms with Gasteiger partial charge in [-0.1, -0.05) is 25.7 Å². The van der Waals surface area contributed by atoms with Gasteiger partial charge < -0.3 is 5.32 Å². The van der Waals surface area contributed by atoms with Gasteiger partial charge in [-0.05, 0) is 33.6 Å². The molecule has 0 amide bonds. The molecule has 1 aliphatic rings. The first-order chi connectivity index (χ1) is 8.04. The summed E-state index contributed by atoms with van der Waals surface area (Å²) in [6.45, 7) is 6.46. The maximum Gasteiger partial charge on any atom is 0.202 e. The quantitative estimate of drug-likeness (QED) is 0.803. The lowest BCUT2D eigenvalue weighted by molar-refractivity contribution is 0.566. The Hall–Kier alpha value is -0.640. The Bertz CT molecular complexity index is 346. The van der Waals surface area contributed by atoms with E-state index in [1.165, 1.54) is 50.1 Å². The van der Waals surface area contributed by atoms with Crippen molar-refractivity contribution in [1.29, 1.82) is 0 Å². The Morgan fingerprint density at radius 2 is 1.76 bits per heavy atom. The van der Waals surface area contributed by atoms with Gasteiger partial charge in [0.25, 0.3) is 0 Å². The van der Waals surface area contributed by atoms with Crippen LogP contribution in [-0.4, -0.2) is 14.9 Å². The average molecular weight is 253 g/mol. The molecule has 17 heavy (non-hydrogen) atoms. The molecular weight excluding hydrogens is 230 g/mol. The normalized spacial score (nSPS) is 19.0. The molecule has 1 aromatic rings. The number of aromatic nitrogens is 2. The van der Waals surface area contributed by atoms with E-state index in [0.717, 1.165) is 11.0 Å². The van der Waals surface area contributed by atoms with Gasteiger partial charge in [0.2, 0.25) is 5.13 Å². The first kappa shape index (κ1) is 12.8. The first-order valence-electron chi connectivity index (χ1n) is 6.66. The van der Waals surface area contributed by atoms with Gasteiger partial charge in [-0.15, -0.1) is 0 Å². The summed E-state index contributed by atoms with van der Waals surface area (Å²) in [5, 5.41) is 4.37. The number of nitrogens with zero attached hydrogens (tertiary/aromatic N) is 2. The highest BCUT2D eigenvalue weighted by Gasteiger charge is 2.20. The van der Waals surface area contributed by atoms with Crippen molar-refractivity contribution in [1.82, 2.24) is 9.36 Å². The zero-order valence-electron chi connectivity index (χ0n) is 11.1. The second kappa shape index (κ2) is 5.34. The fraction of sp³-hybridized carbons (Fsp3) is 0.846. The van der Waals surface area contributed by atoms with Crippen LogP contribution in [0.2, 0.25) is 0 Å². The Balaban J connectivity index is 2.01. The molecule has 1 fully saturated rings. The predicted octanol–water partition coefficient (Wildman–Crippen LogP) is 4.19. The smallest absolute Gasteiger partial charge is 0.202 e. The van der Waals surface area contributed by atoms with Gasteiger partial charge in [-0.3, -0.25) is 0 Å². The second-order valence-electron chi connectivity index (χ2n) is 6.02. The monoisotopic (exact) mass is 253 g/mol. The molecule has 0 radical (unpaired) electrons. The molecule has 0 bridgehead atoms. The summed E-state index contributed by atoms with van der Waals surface area (Å²) < 4.78 is 4.53. The highest BCUT2D eigenvalue weighted by Crippen LogP contribution is 2.31. The SMILES string of the molecule is CC(C)(C)Nc1nc(C2CCCCCC2)ns1. The van der Waals surface area contributed by atoms with Crippen LogP contribution in [0.1, 0.15) is 71.0 Å². The Kier molecular flexibility index (Phi) is 4.02. The minimum absolute atomic E-state index is 0.0697. The van der Waals surface area contributed by atoms with Crippen LogP contribution in [0, 0.1) is 0 Å². The van der Waals surface area contributed by atoms with Crippen molar-refractivity contribution in [3.63, 3.8) is 0 Å². The Labute approximate surface area is 108 Å². The summed E-state index contributed by atoms with van der Waals surface area (Å²) in [7, 11) is 0. The second-order valence-corrected chi connectivity index (χ2v) is 6.77. The van der Waals surface area contributed by atoms with Crippen LogP contribution in [0.4, 0.5) is 5.13 Å². The molecule has 0 aromatic carbocycles. The Morgan fingerprint density at radius 1 is 1.12 bits per heavy atom. The van der Waals surface area contributed by atoms with Crippen LogP contribution in [0.25, 0.3) is 0 Å². The van der Waals surface area contributed by atoms with Gasteiger partial charge >= 0.3 is 0 Å². The van der Waals surface area contributed by atoms with E-state index in [0.29, 0.717) is 5.92 Å². The summed E-state index contributed by atoms with van der Waals surface area (Å²) in [6, 6.07) is 0. The lowest BCUT2D eigenvalue weighted by atomic mass is 10.00. The third kappa shape index (κ3) is 3.95. The number of nitrogens with one attached hydrogen (secondary N) is 1. The van der Waals surface area contributed by atoms with Crippen LogP contribution < -0.4 is 5.32 Å². The van der Waals surface area contributed by atoms with Crippen molar-refractivity contribution >= 4 is 16.7 Å². The molecule has 4 heteroatoms. The van der Waals surface area contributed by atoms with Crippen molar-refractivity contribution in [2.45, 2.75) is 70.8 Å². The van der Waals surface area contributed by atoms with Crippen LogP contribution in [-0.2, 0) is 0 Å². The molecule has 0 saturated heterocycles. The average Bonchev–Trinajstić information content (AvgIpc) is 2.52. The van der Waals surface area contributed by atoms with Gasteiger partial charge in [0.05, 0.1) is 0 Å². The van der Waals surface area contributed by atoms with E-state index in [1.54, 1.807) is 0 Å². The molecular formula is C13H23N3S. The fourth-order valence-electron chi connectivity index (χ4n) is 2.31. The van der Waals surface area contributed by atoms with Crippen LogP contribution in [0.3, 0.4) is 0 Å². The highest BCUT2D eigenvalue weighted by molar-refractivity contribution is 7.09. The van der Waals surface area contributed by atoms with Gasteiger partial charge in [0.15, 0.2) is 0 Å². The van der Waals surface area contributed by atoms with E-state index in [4.69, 9.17) is 0 Å². The van der Waals surface area contributed by atoms with E-state index < -0.39 is 0 Å². The molecule has 3 nitrogen and oxygen atoms in total. The lowest BCUT2D eigenvalue weighted by Crippen LogP contribution is -2.25. The fourth-order valence-corrected chi connectivity index (χ4v) is 3.17. The number of hydrogen-bond acceptors (Lipinski definition) is 4. The molecule has 1 aromatic heterocycles. The van der Waals surface area contributed by atoms with Crippen LogP contribution in [0.5, 0.6) is 0 Å². The molecule has 0 unspecified atom stereocenters. The minimum Gasteiger partial charge on any atom is -0.356 e. The van der Waals surface area contributed by atoms with Crippen LogP contribution in [0.15, 0.2) is 0 Å². The maximum absolute atomic E-state index is 4.66. The topological polar surface area (TPSA) is 37.8 Å². The molecule has 96 valence electrons. The van der Waals surface area contributed by atoms with Crippen molar-refractivity contribution in [3.8, 4) is 0 Å².